The van der Waals surface area contributed by atoms with E-state index in [2.05, 4.69) is 20.3 Å². The minimum absolute atomic E-state index is 0.101. The van der Waals surface area contributed by atoms with Gasteiger partial charge in [-0.2, -0.15) is 15.0 Å². The molecule has 1 fully saturated rings. The lowest BCUT2D eigenvalue weighted by Gasteiger charge is -2.22. The van der Waals surface area contributed by atoms with Crippen molar-refractivity contribution in [2.75, 3.05) is 18.5 Å². The third-order valence-electron chi connectivity index (χ3n) is 2.14. The smallest absolute Gasteiger partial charge is 0.228 e. The summed E-state index contributed by atoms with van der Waals surface area (Å²) in [6.45, 7) is 1.51. The molecule has 15 heavy (non-hydrogen) atoms. The van der Waals surface area contributed by atoms with Crippen molar-refractivity contribution >= 4 is 29.2 Å². The zero-order valence-corrected chi connectivity index (χ0v) is 9.42. The maximum atomic E-state index is 5.66. The zero-order valence-electron chi connectivity index (χ0n) is 7.91. The molecule has 7 heteroatoms. The summed E-state index contributed by atoms with van der Waals surface area (Å²) in [5.74, 6) is 0.423. The van der Waals surface area contributed by atoms with Crippen LogP contribution in [0.15, 0.2) is 0 Å². The lowest BCUT2D eigenvalue weighted by Crippen LogP contribution is -2.28. The number of ether oxygens (including phenoxy) is 1. The van der Waals surface area contributed by atoms with Gasteiger partial charge in [0, 0.05) is 19.3 Å². The molecule has 1 saturated heterocycles. The van der Waals surface area contributed by atoms with Crippen LogP contribution in [0.25, 0.3) is 0 Å². The molecule has 1 aromatic rings. The first-order chi connectivity index (χ1) is 7.24. The van der Waals surface area contributed by atoms with Gasteiger partial charge in [0.15, 0.2) is 0 Å². The molecule has 0 saturated carbocycles. The number of aromatic nitrogens is 3. The molecule has 0 aromatic carbocycles. The maximum absolute atomic E-state index is 5.66. The Kier molecular flexibility index (Phi) is 3.56. The van der Waals surface area contributed by atoms with E-state index in [4.69, 9.17) is 27.9 Å². The van der Waals surface area contributed by atoms with Crippen molar-refractivity contribution in [3.05, 3.63) is 10.6 Å². The van der Waals surface area contributed by atoms with Crippen molar-refractivity contribution in [1.29, 1.82) is 0 Å². The molecule has 1 aliphatic rings. The van der Waals surface area contributed by atoms with Gasteiger partial charge in [0.05, 0.1) is 0 Å². The van der Waals surface area contributed by atoms with Crippen molar-refractivity contribution in [2.24, 2.45) is 0 Å². The van der Waals surface area contributed by atoms with Gasteiger partial charge < -0.3 is 10.1 Å². The highest BCUT2D eigenvalue weighted by Gasteiger charge is 2.15. The molecule has 0 spiro atoms. The van der Waals surface area contributed by atoms with E-state index in [0.717, 1.165) is 26.1 Å². The second kappa shape index (κ2) is 4.92. The van der Waals surface area contributed by atoms with Gasteiger partial charge in [0.2, 0.25) is 16.5 Å². The van der Waals surface area contributed by atoms with Crippen LogP contribution in [0.4, 0.5) is 5.95 Å². The molecule has 0 atom stereocenters. The number of hydrogen-bond acceptors (Lipinski definition) is 5. The van der Waals surface area contributed by atoms with Gasteiger partial charge in [0.25, 0.3) is 0 Å². The fourth-order valence-electron chi connectivity index (χ4n) is 1.41. The van der Waals surface area contributed by atoms with Gasteiger partial charge in [-0.1, -0.05) is 0 Å². The van der Waals surface area contributed by atoms with Crippen LogP contribution >= 0.6 is 23.2 Å². The summed E-state index contributed by atoms with van der Waals surface area (Å²) >= 11 is 11.3. The van der Waals surface area contributed by atoms with E-state index in [1.54, 1.807) is 0 Å². The minimum Gasteiger partial charge on any atom is -0.381 e. The molecule has 2 rings (SSSR count). The highest BCUT2D eigenvalue weighted by molar-refractivity contribution is 6.31. The quantitative estimate of drug-likeness (QED) is 0.865. The molecular weight excluding hydrogens is 239 g/mol. The molecule has 82 valence electrons. The van der Waals surface area contributed by atoms with Gasteiger partial charge in [-0.3, -0.25) is 0 Å². The van der Waals surface area contributed by atoms with Crippen LogP contribution in [-0.4, -0.2) is 34.2 Å². The summed E-state index contributed by atoms with van der Waals surface area (Å²) in [4.78, 5) is 11.5. The van der Waals surface area contributed by atoms with E-state index in [-0.39, 0.29) is 10.6 Å². The van der Waals surface area contributed by atoms with E-state index >= 15 is 0 Å². The van der Waals surface area contributed by atoms with Gasteiger partial charge >= 0.3 is 0 Å². The molecule has 2 heterocycles. The number of halogens is 2. The lowest BCUT2D eigenvalue weighted by atomic mass is 10.1. The predicted molar refractivity (Wildman–Crippen MR) is 57.3 cm³/mol. The van der Waals surface area contributed by atoms with Crippen molar-refractivity contribution in [3.8, 4) is 0 Å². The Hall–Kier alpha value is -0.650. The van der Waals surface area contributed by atoms with Crippen molar-refractivity contribution in [1.82, 2.24) is 15.0 Å². The third-order valence-corrected chi connectivity index (χ3v) is 2.47. The predicted octanol–water partition coefficient (Wildman–Crippen LogP) is 1.77. The standard InChI is InChI=1S/C8H10Cl2N4O/c9-6-12-7(10)14-8(13-6)11-5-1-3-15-4-2-5/h5H,1-4H2,(H,11,12,13,14). The minimum atomic E-state index is 0.101. The van der Waals surface area contributed by atoms with E-state index in [0.29, 0.717) is 12.0 Å². The van der Waals surface area contributed by atoms with Gasteiger partial charge in [-0.05, 0) is 36.0 Å². The summed E-state index contributed by atoms with van der Waals surface area (Å²) in [6.07, 6.45) is 1.86. The van der Waals surface area contributed by atoms with Crippen LogP contribution in [0.3, 0.4) is 0 Å². The van der Waals surface area contributed by atoms with Crippen LogP contribution in [0, 0.1) is 0 Å². The topological polar surface area (TPSA) is 59.9 Å². The fourth-order valence-corrected chi connectivity index (χ4v) is 1.78. The summed E-state index contributed by atoms with van der Waals surface area (Å²) in [5.41, 5.74) is 0. The molecule has 1 N–H and O–H groups in total. The molecule has 1 aromatic heterocycles. The molecule has 0 aliphatic carbocycles. The number of nitrogens with one attached hydrogen (secondary N) is 1. The summed E-state index contributed by atoms with van der Waals surface area (Å²) < 4.78 is 5.24. The van der Waals surface area contributed by atoms with Crippen LogP contribution in [0.2, 0.25) is 10.6 Å². The van der Waals surface area contributed by atoms with Crippen LogP contribution < -0.4 is 5.32 Å². The monoisotopic (exact) mass is 248 g/mol. The van der Waals surface area contributed by atoms with Gasteiger partial charge in [0.1, 0.15) is 0 Å². The molecule has 1 aliphatic heterocycles. The number of nitrogens with zero attached hydrogens (tertiary/aromatic N) is 3. The molecular formula is C8H10Cl2N4O. The van der Waals surface area contributed by atoms with E-state index < -0.39 is 0 Å². The zero-order chi connectivity index (χ0) is 10.7. The largest absolute Gasteiger partial charge is 0.381 e. The van der Waals surface area contributed by atoms with Crippen molar-refractivity contribution in [3.63, 3.8) is 0 Å². The van der Waals surface area contributed by atoms with Gasteiger partial charge in [-0.25, -0.2) is 0 Å². The summed E-state index contributed by atoms with van der Waals surface area (Å²) in [6, 6.07) is 0.313. The number of rotatable bonds is 2. The Morgan fingerprint density at radius 3 is 2.27 bits per heavy atom. The average molecular weight is 249 g/mol. The van der Waals surface area contributed by atoms with Crippen molar-refractivity contribution in [2.45, 2.75) is 18.9 Å². The third kappa shape index (κ3) is 3.15. The molecule has 5 nitrogen and oxygen atoms in total. The normalized spacial score (nSPS) is 17.7. The molecule has 0 amide bonds. The van der Waals surface area contributed by atoms with Crippen LogP contribution in [-0.2, 0) is 4.74 Å². The number of hydrogen-bond donors (Lipinski definition) is 1. The fraction of sp³-hybridized carbons (Fsp3) is 0.625. The second-order valence-electron chi connectivity index (χ2n) is 3.23. The molecule has 0 bridgehead atoms. The summed E-state index contributed by atoms with van der Waals surface area (Å²) in [5, 5.41) is 3.35. The highest BCUT2D eigenvalue weighted by Crippen LogP contribution is 2.14. The van der Waals surface area contributed by atoms with E-state index in [1.807, 2.05) is 0 Å². The Balaban J connectivity index is 2.02. The lowest BCUT2D eigenvalue weighted by molar-refractivity contribution is 0.0903. The average Bonchev–Trinajstić information content (AvgIpc) is 2.17. The second-order valence-corrected chi connectivity index (χ2v) is 3.90. The Morgan fingerprint density at radius 1 is 1.07 bits per heavy atom. The first-order valence-electron chi connectivity index (χ1n) is 4.65. The van der Waals surface area contributed by atoms with E-state index in [1.165, 1.54) is 0 Å². The Labute approximate surface area is 97.2 Å². The maximum Gasteiger partial charge on any atom is 0.228 e. The van der Waals surface area contributed by atoms with Crippen LogP contribution in [0.1, 0.15) is 12.8 Å². The number of anilines is 1. The highest BCUT2D eigenvalue weighted by atomic mass is 35.5. The Morgan fingerprint density at radius 2 is 1.67 bits per heavy atom. The SMILES string of the molecule is Clc1nc(Cl)nc(NC2CCOCC2)n1. The van der Waals surface area contributed by atoms with Crippen molar-refractivity contribution < 1.29 is 4.74 Å². The van der Waals surface area contributed by atoms with E-state index in [9.17, 15) is 0 Å². The first-order valence-corrected chi connectivity index (χ1v) is 5.41. The first kappa shape index (κ1) is 10.9. The Bertz CT molecular complexity index is 323. The van der Waals surface area contributed by atoms with Crippen LogP contribution in [0.5, 0.6) is 0 Å². The molecule has 0 unspecified atom stereocenters. The molecule has 0 radical (unpaired) electrons. The van der Waals surface area contributed by atoms with Gasteiger partial charge in [-0.15, -0.1) is 0 Å². The summed E-state index contributed by atoms with van der Waals surface area (Å²) in [7, 11) is 0.